The maximum Gasteiger partial charge on any atom is 0.0715 e. The molecule has 0 amide bonds. The van der Waals surface area contributed by atoms with Crippen molar-refractivity contribution in [2.24, 2.45) is 5.41 Å². The number of rotatable bonds is 2. The molecule has 0 saturated carbocycles. The molecule has 3 heteroatoms. The third-order valence-corrected chi connectivity index (χ3v) is 3.59. The number of aliphatic hydroxyl groups is 1. The van der Waals surface area contributed by atoms with E-state index in [0.717, 1.165) is 19.6 Å². The van der Waals surface area contributed by atoms with Crippen LogP contribution in [0.15, 0.2) is 0 Å². The molecular weight excluding hydrogens is 200 g/mol. The molecule has 0 bridgehead atoms. The van der Waals surface area contributed by atoms with Gasteiger partial charge < -0.3 is 10.0 Å². The molecule has 1 heterocycles. The van der Waals surface area contributed by atoms with E-state index in [1.54, 1.807) is 0 Å². The van der Waals surface area contributed by atoms with E-state index in [1.165, 1.54) is 13.0 Å². The van der Waals surface area contributed by atoms with Gasteiger partial charge in [-0.2, -0.15) is 0 Å². The summed E-state index contributed by atoms with van der Waals surface area (Å²) >= 11 is 0. The Labute approximate surface area is 100 Å². The number of β-amino-alcohol motifs (C(OH)–C–C–N with tert-alkyl or cyclic N) is 1. The van der Waals surface area contributed by atoms with Crippen molar-refractivity contribution in [3.63, 3.8) is 0 Å². The first kappa shape index (κ1) is 13.9. The van der Waals surface area contributed by atoms with Crippen molar-refractivity contribution in [3.8, 4) is 0 Å². The molecule has 1 rings (SSSR count). The predicted molar refractivity (Wildman–Crippen MR) is 68.6 cm³/mol. The van der Waals surface area contributed by atoms with E-state index < -0.39 is 0 Å². The third kappa shape index (κ3) is 4.04. The molecule has 96 valence electrons. The Bertz CT molecular complexity index is 212. The van der Waals surface area contributed by atoms with Crippen LogP contribution in [0.5, 0.6) is 0 Å². The molecule has 1 aliphatic rings. The first-order valence-corrected chi connectivity index (χ1v) is 6.41. The van der Waals surface area contributed by atoms with Gasteiger partial charge in [-0.1, -0.05) is 20.8 Å². The number of hydrogen-bond donors (Lipinski definition) is 1. The van der Waals surface area contributed by atoms with Crippen LogP contribution in [-0.4, -0.2) is 60.3 Å². The second-order valence-electron chi connectivity index (χ2n) is 6.34. The van der Waals surface area contributed by atoms with Gasteiger partial charge in [0.15, 0.2) is 0 Å². The summed E-state index contributed by atoms with van der Waals surface area (Å²) in [4.78, 5) is 4.81. The highest BCUT2D eigenvalue weighted by molar-refractivity contribution is 4.81. The average molecular weight is 228 g/mol. The summed E-state index contributed by atoms with van der Waals surface area (Å²) in [5.74, 6) is 0. The van der Waals surface area contributed by atoms with E-state index >= 15 is 0 Å². The SMILES string of the molecule is CC1CN(C)CCCN1CC(O)C(C)(C)C. The first-order chi connectivity index (χ1) is 7.30. The highest BCUT2D eigenvalue weighted by atomic mass is 16.3. The lowest BCUT2D eigenvalue weighted by Crippen LogP contribution is -2.45. The minimum atomic E-state index is -0.238. The van der Waals surface area contributed by atoms with Crippen LogP contribution in [0.2, 0.25) is 0 Å². The summed E-state index contributed by atoms with van der Waals surface area (Å²) in [5, 5.41) is 10.2. The fourth-order valence-electron chi connectivity index (χ4n) is 2.19. The largest absolute Gasteiger partial charge is 0.391 e. The number of likely N-dealkylation sites (N-methyl/N-ethyl adjacent to an activating group) is 1. The predicted octanol–water partition coefficient (Wildman–Crippen LogP) is 1.42. The second-order valence-corrected chi connectivity index (χ2v) is 6.34. The summed E-state index contributed by atoms with van der Waals surface area (Å²) in [6.45, 7) is 12.8. The zero-order valence-corrected chi connectivity index (χ0v) is 11.5. The minimum Gasteiger partial charge on any atom is -0.391 e. The van der Waals surface area contributed by atoms with Crippen LogP contribution in [0.4, 0.5) is 0 Å². The molecule has 0 aromatic heterocycles. The van der Waals surface area contributed by atoms with Gasteiger partial charge in [0.25, 0.3) is 0 Å². The molecule has 1 N–H and O–H groups in total. The molecule has 1 saturated heterocycles. The first-order valence-electron chi connectivity index (χ1n) is 6.41. The Balaban J connectivity index is 2.52. The molecule has 1 aliphatic heterocycles. The molecule has 0 aliphatic carbocycles. The molecule has 1 fully saturated rings. The van der Waals surface area contributed by atoms with Gasteiger partial charge in [0, 0.05) is 19.1 Å². The van der Waals surface area contributed by atoms with Crippen LogP contribution in [0.25, 0.3) is 0 Å². The van der Waals surface area contributed by atoms with E-state index in [1.807, 2.05) is 0 Å². The highest BCUT2D eigenvalue weighted by Gasteiger charge is 2.27. The van der Waals surface area contributed by atoms with Gasteiger partial charge >= 0.3 is 0 Å². The van der Waals surface area contributed by atoms with E-state index in [-0.39, 0.29) is 11.5 Å². The van der Waals surface area contributed by atoms with E-state index in [0.29, 0.717) is 6.04 Å². The van der Waals surface area contributed by atoms with Crippen molar-refractivity contribution in [2.75, 3.05) is 33.2 Å². The minimum absolute atomic E-state index is 0.0159. The van der Waals surface area contributed by atoms with Gasteiger partial charge in [0.2, 0.25) is 0 Å². The normalized spacial score (nSPS) is 27.8. The van der Waals surface area contributed by atoms with Gasteiger partial charge in [-0.05, 0) is 38.9 Å². The van der Waals surface area contributed by atoms with Crippen molar-refractivity contribution in [1.29, 1.82) is 0 Å². The second kappa shape index (κ2) is 5.48. The quantitative estimate of drug-likeness (QED) is 0.774. The molecule has 2 unspecified atom stereocenters. The summed E-state index contributed by atoms with van der Waals surface area (Å²) in [6, 6.07) is 0.546. The van der Waals surface area contributed by atoms with E-state index in [2.05, 4.69) is 44.5 Å². The molecule has 0 radical (unpaired) electrons. The van der Waals surface area contributed by atoms with E-state index in [4.69, 9.17) is 0 Å². The van der Waals surface area contributed by atoms with Crippen LogP contribution in [0.1, 0.15) is 34.1 Å². The molecular formula is C13H28N2O. The van der Waals surface area contributed by atoms with Crippen molar-refractivity contribution < 1.29 is 5.11 Å². The Hall–Kier alpha value is -0.120. The van der Waals surface area contributed by atoms with Gasteiger partial charge in [-0.15, -0.1) is 0 Å². The monoisotopic (exact) mass is 228 g/mol. The highest BCUT2D eigenvalue weighted by Crippen LogP contribution is 2.21. The average Bonchev–Trinajstić information content (AvgIpc) is 2.27. The lowest BCUT2D eigenvalue weighted by molar-refractivity contribution is 0.0187. The molecule has 0 aromatic rings. The van der Waals surface area contributed by atoms with Gasteiger partial charge in [0.05, 0.1) is 6.10 Å². The number of hydrogen-bond acceptors (Lipinski definition) is 3. The summed E-state index contributed by atoms with van der Waals surface area (Å²) < 4.78 is 0. The Morgan fingerprint density at radius 2 is 1.94 bits per heavy atom. The maximum absolute atomic E-state index is 10.2. The van der Waals surface area contributed by atoms with Crippen molar-refractivity contribution in [3.05, 3.63) is 0 Å². The van der Waals surface area contributed by atoms with Crippen LogP contribution < -0.4 is 0 Å². The lowest BCUT2D eigenvalue weighted by Gasteiger charge is -2.34. The maximum atomic E-state index is 10.2. The number of aliphatic hydroxyl groups excluding tert-OH is 1. The Kier molecular flexibility index (Phi) is 4.77. The smallest absolute Gasteiger partial charge is 0.0715 e. The van der Waals surface area contributed by atoms with Crippen LogP contribution in [0, 0.1) is 5.41 Å². The molecule has 16 heavy (non-hydrogen) atoms. The van der Waals surface area contributed by atoms with Crippen molar-refractivity contribution in [1.82, 2.24) is 9.80 Å². The molecule has 0 aromatic carbocycles. The van der Waals surface area contributed by atoms with Gasteiger partial charge in [-0.3, -0.25) is 4.90 Å². The third-order valence-electron chi connectivity index (χ3n) is 3.59. The topological polar surface area (TPSA) is 26.7 Å². The van der Waals surface area contributed by atoms with Crippen LogP contribution in [0.3, 0.4) is 0 Å². The van der Waals surface area contributed by atoms with E-state index in [9.17, 15) is 5.11 Å². The van der Waals surface area contributed by atoms with Crippen LogP contribution in [-0.2, 0) is 0 Å². The Morgan fingerprint density at radius 3 is 2.50 bits per heavy atom. The Morgan fingerprint density at radius 1 is 1.31 bits per heavy atom. The zero-order chi connectivity index (χ0) is 12.3. The van der Waals surface area contributed by atoms with Gasteiger partial charge in [0.1, 0.15) is 0 Å². The van der Waals surface area contributed by atoms with Crippen molar-refractivity contribution in [2.45, 2.75) is 46.3 Å². The number of nitrogens with zero attached hydrogens (tertiary/aromatic N) is 2. The molecule has 3 nitrogen and oxygen atoms in total. The summed E-state index contributed by atoms with van der Waals surface area (Å²) in [6.07, 6.45) is 0.968. The van der Waals surface area contributed by atoms with Gasteiger partial charge in [-0.25, -0.2) is 0 Å². The zero-order valence-electron chi connectivity index (χ0n) is 11.5. The molecule has 2 atom stereocenters. The lowest BCUT2D eigenvalue weighted by atomic mass is 9.88. The fraction of sp³-hybridized carbons (Fsp3) is 1.00. The van der Waals surface area contributed by atoms with Crippen LogP contribution >= 0.6 is 0 Å². The van der Waals surface area contributed by atoms with Crippen molar-refractivity contribution >= 4 is 0 Å². The summed E-state index contributed by atoms with van der Waals surface area (Å²) in [7, 11) is 2.18. The summed E-state index contributed by atoms with van der Waals surface area (Å²) in [5.41, 5.74) is -0.0159. The fourth-order valence-corrected chi connectivity index (χ4v) is 2.19. The standard InChI is InChI=1S/C13H28N2O/c1-11-9-14(5)7-6-8-15(11)10-12(16)13(2,3)4/h11-12,16H,6-10H2,1-5H3. The molecule has 0 spiro atoms.